The van der Waals surface area contributed by atoms with Crippen LogP contribution in [0.5, 0.6) is 0 Å². The molecule has 0 bridgehead atoms. The van der Waals surface area contributed by atoms with Crippen LogP contribution in [0.15, 0.2) is 29.1 Å². The van der Waals surface area contributed by atoms with Crippen molar-refractivity contribution < 1.29 is 0 Å². The van der Waals surface area contributed by atoms with Crippen molar-refractivity contribution in [2.45, 2.75) is 6.92 Å². The summed E-state index contributed by atoms with van der Waals surface area (Å²) in [4.78, 5) is 16.5. The second-order valence-electron chi connectivity index (χ2n) is 3.51. The average Bonchev–Trinajstić information content (AvgIpc) is 2.34. The third kappa shape index (κ3) is 2.12. The van der Waals surface area contributed by atoms with E-state index in [1.54, 1.807) is 20.0 Å². The second kappa shape index (κ2) is 4.50. The molecule has 0 aliphatic heterocycles. The first-order valence-corrected chi connectivity index (χ1v) is 5.51. The predicted octanol–water partition coefficient (Wildman–Crippen LogP) is 0.753. The Morgan fingerprint density at radius 3 is 2.82 bits per heavy atom. The molecule has 5 nitrogen and oxygen atoms in total. The molecular formula is C11H12N4OS. The van der Waals surface area contributed by atoms with Crippen molar-refractivity contribution in [2.24, 2.45) is 0 Å². The van der Waals surface area contributed by atoms with E-state index in [-0.39, 0.29) is 5.56 Å². The molecule has 0 amide bonds. The number of hydrogen-bond acceptors (Lipinski definition) is 3. The minimum Gasteiger partial charge on any atom is -0.364 e. The van der Waals surface area contributed by atoms with Crippen LogP contribution in [-0.4, -0.2) is 21.8 Å². The van der Waals surface area contributed by atoms with E-state index in [0.717, 1.165) is 0 Å². The molecule has 88 valence electrons. The van der Waals surface area contributed by atoms with Crippen molar-refractivity contribution in [1.82, 2.24) is 15.0 Å². The Hall–Kier alpha value is -1.95. The van der Waals surface area contributed by atoms with E-state index in [4.69, 9.17) is 12.2 Å². The summed E-state index contributed by atoms with van der Waals surface area (Å²) >= 11 is 4.97. The number of hydrogen-bond donors (Lipinski definition) is 2. The predicted molar refractivity (Wildman–Crippen MR) is 71.8 cm³/mol. The van der Waals surface area contributed by atoms with Crippen molar-refractivity contribution in [2.75, 3.05) is 12.5 Å². The third-order valence-corrected chi connectivity index (χ3v) is 2.68. The van der Waals surface area contributed by atoms with Gasteiger partial charge < -0.3 is 5.32 Å². The monoisotopic (exact) mass is 248 g/mol. The SMILES string of the molecule is CNC(=S)Nn1c(C)nc2ccccc2c1=O. The standard InChI is InChI=1S/C11H12N4OS/c1-7-13-9-6-4-3-5-8(9)10(16)15(7)14-11(17)12-2/h3-6H,1-2H3,(H2,12,14,17). The molecule has 0 atom stereocenters. The van der Waals surface area contributed by atoms with E-state index < -0.39 is 0 Å². The summed E-state index contributed by atoms with van der Waals surface area (Å²) in [6, 6.07) is 7.21. The van der Waals surface area contributed by atoms with Crippen LogP contribution in [0, 0.1) is 6.92 Å². The molecule has 0 aliphatic carbocycles. The van der Waals surface area contributed by atoms with Crippen LogP contribution in [-0.2, 0) is 0 Å². The average molecular weight is 248 g/mol. The molecule has 1 aromatic carbocycles. The van der Waals surface area contributed by atoms with Gasteiger partial charge in [0.25, 0.3) is 5.56 Å². The Morgan fingerprint density at radius 1 is 1.41 bits per heavy atom. The lowest BCUT2D eigenvalue weighted by atomic mass is 10.2. The molecule has 17 heavy (non-hydrogen) atoms. The van der Waals surface area contributed by atoms with Crippen LogP contribution >= 0.6 is 12.2 Å². The molecule has 2 rings (SSSR count). The van der Waals surface area contributed by atoms with Crippen molar-refractivity contribution in [3.8, 4) is 0 Å². The van der Waals surface area contributed by atoms with Gasteiger partial charge in [0.1, 0.15) is 5.82 Å². The zero-order valence-corrected chi connectivity index (χ0v) is 10.3. The molecule has 1 aromatic heterocycles. The smallest absolute Gasteiger partial charge is 0.280 e. The number of fused-ring (bicyclic) bond motifs is 1. The van der Waals surface area contributed by atoms with Crippen LogP contribution < -0.4 is 16.3 Å². The lowest BCUT2D eigenvalue weighted by Crippen LogP contribution is -2.39. The Labute approximate surface area is 103 Å². The summed E-state index contributed by atoms with van der Waals surface area (Å²) in [5.74, 6) is 0.561. The highest BCUT2D eigenvalue weighted by atomic mass is 32.1. The summed E-state index contributed by atoms with van der Waals surface area (Å²) in [7, 11) is 1.68. The zero-order valence-electron chi connectivity index (χ0n) is 9.52. The molecule has 2 aromatic rings. The molecule has 0 saturated carbocycles. The lowest BCUT2D eigenvalue weighted by molar-refractivity contribution is 0.830. The molecule has 0 saturated heterocycles. The Morgan fingerprint density at radius 2 is 2.12 bits per heavy atom. The second-order valence-corrected chi connectivity index (χ2v) is 3.92. The molecular weight excluding hydrogens is 236 g/mol. The summed E-state index contributed by atoms with van der Waals surface area (Å²) in [6.07, 6.45) is 0. The highest BCUT2D eigenvalue weighted by Crippen LogP contribution is 2.06. The van der Waals surface area contributed by atoms with Gasteiger partial charge in [0, 0.05) is 7.05 Å². The molecule has 0 aliphatic rings. The van der Waals surface area contributed by atoms with Gasteiger partial charge in [-0.05, 0) is 31.3 Å². The van der Waals surface area contributed by atoms with Crippen LogP contribution in [0.3, 0.4) is 0 Å². The van der Waals surface area contributed by atoms with Gasteiger partial charge >= 0.3 is 0 Å². The van der Waals surface area contributed by atoms with Gasteiger partial charge in [-0.1, -0.05) is 12.1 Å². The molecule has 0 fully saturated rings. The summed E-state index contributed by atoms with van der Waals surface area (Å²) in [5.41, 5.74) is 3.30. The van der Waals surface area contributed by atoms with Crippen molar-refractivity contribution >= 4 is 28.2 Å². The summed E-state index contributed by atoms with van der Waals surface area (Å²) in [6.45, 7) is 1.75. The summed E-state index contributed by atoms with van der Waals surface area (Å²) < 4.78 is 1.33. The number of aromatic nitrogens is 2. The fourth-order valence-corrected chi connectivity index (χ4v) is 1.62. The van der Waals surface area contributed by atoms with E-state index in [0.29, 0.717) is 21.8 Å². The highest BCUT2D eigenvalue weighted by molar-refractivity contribution is 7.80. The quantitative estimate of drug-likeness (QED) is 0.729. The van der Waals surface area contributed by atoms with E-state index >= 15 is 0 Å². The van der Waals surface area contributed by atoms with Gasteiger partial charge in [-0.3, -0.25) is 10.2 Å². The van der Waals surface area contributed by atoms with E-state index in [1.165, 1.54) is 4.68 Å². The van der Waals surface area contributed by atoms with Crippen LogP contribution in [0.4, 0.5) is 0 Å². The number of aryl methyl sites for hydroxylation is 1. The summed E-state index contributed by atoms with van der Waals surface area (Å²) in [5, 5.41) is 3.68. The number of rotatable bonds is 1. The number of nitrogens with one attached hydrogen (secondary N) is 2. The topological polar surface area (TPSA) is 58.9 Å². The maximum Gasteiger partial charge on any atom is 0.280 e. The Balaban J connectivity index is 2.64. The van der Waals surface area contributed by atoms with E-state index in [2.05, 4.69) is 15.7 Å². The van der Waals surface area contributed by atoms with Gasteiger partial charge in [0.05, 0.1) is 10.9 Å². The first-order valence-electron chi connectivity index (χ1n) is 5.10. The molecule has 2 N–H and O–H groups in total. The van der Waals surface area contributed by atoms with Crippen molar-refractivity contribution in [3.63, 3.8) is 0 Å². The molecule has 0 spiro atoms. The van der Waals surface area contributed by atoms with Crippen LogP contribution in [0.1, 0.15) is 5.82 Å². The fraction of sp³-hybridized carbons (Fsp3) is 0.182. The maximum absolute atomic E-state index is 12.2. The molecule has 6 heteroatoms. The number of para-hydroxylation sites is 1. The lowest BCUT2D eigenvalue weighted by Gasteiger charge is -2.12. The first kappa shape index (κ1) is 11.5. The van der Waals surface area contributed by atoms with Gasteiger partial charge in [-0.25, -0.2) is 9.66 Å². The van der Waals surface area contributed by atoms with Gasteiger partial charge in [-0.15, -0.1) is 0 Å². The van der Waals surface area contributed by atoms with Gasteiger partial charge in [-0.2, -0.15) is 0 Å². The van der Waals surface area contributed by atoms with Gasteiger partial charge in [0.2, 0.25) is 0 Å². The Bertz CT molecular complexity index is 635. The normalized spacial score (nSPS) is 10.2. The van der Waals surface area contributed by atoms with Crippen LogP contribution in [0.2, 0.25) is 0 Å². The number of thiocarbonyl (C=S) groups is 1. The zero-order chi connectivity index (χ0) is 12.4. The van der Waals surface area contributed by atoms with E-state index in [1.807, 2.05) is 18.2 Å². The minimum atomic E-state index is -0.161. The fourth-order valence-electron chi connectivity index (χ4n) is 1.53. The molecule has 1 heterocycles. The minimum absolute atomic E-state index is 0.161. The molecule has 0 radical (unpaired) electrons. The van der Waals surface area contributed by atoms with Crippen LogP contribution in [0.25, 0.3) is 10.9 Å². The highest BCUT2D eigenvalue weighted by Gasteiger charge is 2.07. The van der Waals surface area contributed by atoms with Gasteiger partial charge in [0.15, 0.2) is 5.11 Å². The van der Waals surface area contributed by atoms with Crippen molar-refractivity contribution in [3.05, 3.63) is 40.4 Å². The number of nitrogens with zero attached hydrogens (tertiary/aromatic N) is 2. The Kier molecular flexibility index (Phi) is 3.06. The van der Waals surface area contributed by atoms with E-state index in [9.17, 15) is 4.79 Å². The third-order valence-electron chi connectivity index (χ3n) is 2.38. The largest absolute Gasteiger partial charge is 0.364 e. The first-order chi connectivity index (χ1) is 8.13. The number of benzene rings is 1. The maximum atomic E-state index is 12.2. The molecule has 0 unspecified atom stereocenters. The van der Waals surface area contributed by atoms with Crippen molar-refractivity contribution in [1.29, 1.82) is 0 Å².